The smallest absolute Gasteiger partial charge is 0.462 e. The van der Waals surface area contributed by atoms with Gasteiger partial charge in [0.25, 0.3) is 0 Å². The number of phosphoric ester groups is 1. The molecule has 0 aromatic rings. The highest BCUT2D eigenvalue weighted by Gasteiger charge is 2.41. The van der Waals surface area contributed by atoms with Crippen LogP contribution in [-0.2, 0) is 37.5 Å². The van der Waals surface area contributed by atoms with Crippen molar-refractivity contribution in [1.29, 1.82) is 0 Å². The molecule has 53 heavy (non-hydrogen) atoms. The molecule has 0 aromatic heterocycles. The lowest BCUT2D eigenvalue weighted by atomic mass is 9.87. The minimum atomic E-state index is -4.70. The fraction of sp³-hybridized carbons (Fsp3) is 0.868. The van der Waals surface area contributed by atoms with E-state index in [1.54, 1.807) is 12.2 Å². The zero-order chi connectivity index (χ0) is 39.6. The summed E-state index contributed by atoms with van der Waals surface area (Å²) >= 11 is 0. The number of aliphatic hydroxyl groups is 5. The monoisotopic (exact) mass is 780 g/mol. The normalized spacial score (nSPS) is 21.8. The van der Waals surface area contributed by atoms with Crippen molar-refractivity contribution >= 4 is 25.5 Å². The Labute approximate surface area is 316 Å². The molecule has 1 aliphatic carbocycles. The number of ketones is 1. The quantitative estimate of drug-likeness (QED) is 0.0227. The maximum atomic E-state index is 12.8. The number of aliphatic hydroxyl groups excluding tert-OH is 5. The van der Waals surface area contributed by atoms with Crippen LogP contribution in [0.2, 0.25) is 0 Å². The molecule has 1 saturated carbocycles. The highest BCUT2D eigenvalue weighted by atomic mass is 31.2. The summed E-state index contributed by atoms with van der Waals surface area (Å²) in [5.74, 6) is -1.57. The number of unbranched alkanes of at least 4 members (excludes halogenated alkanes) is 8. The molecular formula is C38H69O14P. The van der Waals surface area contributed by atoms with Crippen LogP contribution in [0.4, 0.5) is 0 Å². The van der Waals surface area contributed by atoms with Crippen molar-refractivity contribution in [2.75, 3.05) is 26.4 Å². The Bertz CT molecular complexity index is 1090. The van der Waals surface area contributed by atoms with E-state index in [-0.39, 0.29) is 37.9 Å². The van der Waals surface area contributed by atoms with Crippen molar-refractivity contribution in [3.63, 3.8) is 0 Å². The average Bonchev–Trinajstić information content (AvgIpc) is 3.37. The topological polar surface area (TPSA) is 227 Å². The molecule has 0 heterocycles. The zero-order valence-electron chi connectivity index (χ0n) is 32.2. The highest BCUT2D eigenvalue weighted by Crippen LogP contribution is 2.43. The maximum absolute atomic E-state index is 12.8. The van der Waals surface area contributed by atoms with E-state index in [0.29, 0.717) is 31.6 Å². The molecule has 6 N–H and O–H groups in total. The van der Waals surface area contributed by atoms with Gasteiger partial charge in [0.1, 0.15) is 18.5 Å². The number of hydrogen-bond acceptors (Lipinski definition) is 13. The first-order chi connectivity index (χ1) is 25.2. The Hall–Kier alpha value is -1.74. The number of Topliss-reactive ketones (excluding diaryl/α,β-unsaturated/α-hetero) is 1. The number of carbonyl (C=O) groups excluding carboxylic acids is 3. The third-order valence-electron chi connectivity index (χ3n) is 9.33. The summed E-state index contributed by atoms with van der Waals surface area (Å²) in [6.07, 6.45) is 10.1. The van der Waals surface area contributed by atoms with Crippen molar-refractivity contribution in [1.82, 2.24) is 0 Å². The van der Waals surface area contributed by atoms with Gasteiger partial charge in [0, 0.05) is 43.9 Å². The predicted octanol–water partition coefficient (Wildman–Crippen LogP) is 5.08. The van der Waals surface area contributed by atoms with Gasteiger partial charge in [-0.3, -0.25) is 23.4 Å². The first-order valence-electron chi connectivity index (χ1n) is 19.7. The van der Waals surface area contributed by atoms with Gasteiger partial charge in [-0.15, -0.1) is 0 Å². The molecule has 0 radical (unpaired) electrons. The number of hydrogen-bond donors (Lipinski definition) is 6. The summed E-state index contributed by atoms with van der Waals surface area (Å²) < 4.78 is 32.4. The van der Waals surface area contributed by atoms with E-state index in [9.17, 15) is 44.3 Å². The number of ether oxygens (including phenoxy) is 2. The van der Waals surface area contributed by atoms with Crippen molar-refractivity contribution in [2.45, 2.75) is 167 Å². The Balaban J connectivity index is 2.55. The van der Waals surface area contributed by atoms with Crippen LogP contribution >= 0.6 is 7.82 Å². The highest BCUT2D eigenvalue weighted by molar-refractivity contribution is 7.47. The molecule has 1 unspecified atom stereocenters. The molecule has 310 valence electrons. The van der Waals surface area contributed by atoms with Crippen LogP contribution in [0, 0.1) is 17.8 Å². The van der Waals surface area contributed by atoms with E-state index in [1.165, 1.54) is 12.8 Å². The molecule has 0 aromatic carbocycles. The van der Waals surface area contributed by atoms with Gasteiger partial charge in [-0.25, -0.2) is 4.57 Å². The lowest BCUT2D eigenvalue weighted by molar-refractivity contribution is -0.161. The maximum Gasteiger partial charge on any atom is 0.472 e. The van der Waals surface area contributed by atoms with Gasteiger partial charge in [0.2, 0.25) is 0 Å². The van der Waals surface area contributed by atoms with Crippen molar-refractivity contribution in [2.24, 2.45) is 17.8 Å². The molecule has 0 bridgehead atoms. The summed E-state index contributed by atoms with van der Waals surface area (Å²) in [5, 5.41) is 49.5. The Kier molecular flexibility index (Phi) is 26.6. The summed E-state index contributed by atoms with van der Waals surface area (Å²) in [7, 11) is -4.70. The zero-order valence-corrected chi connectivity index (χ0v) is 33.1. The van der Waals surface area contributed by atoms with Crippen LogP contribution in [0.25, 0.3) is 0 Å². The summed E-state index contributed by atoms with van der Waals surface area (Å²) in [5.41, 5.74) is 0. The van der Waals surface area contributed by atoms with Crippen LogP contribution in [0.5, 0.6) is 0 Å². The number of carbonyl (C=O) groups is 3. The minimum absolute atomic E-state index is 0.0430. The molecule has 14 nitrogen and oxygen atoms in total. The lowest BCUT2D eigenvalue weighted by Gasteiger charge is -2.20. The van der Waals surface area contributed by atoms with Crippen LogP contribution in [0.15, 0.2) is 12.2 Å². The van der Waals surface area contributed by atoms with E-state index in [1.807, 2.05) is 0 Å². The third-order valence-corrected chi connectivity index (χ3v) is 10.3. The molecule has 0 amide bonds. The fourth-order valence-corrected chi connectivity index (χ4v) is 6.96. The van der Waals surface area contributed by atoms with Crippen LogP contribution in [0.1, 0.15) is 136 Å². The second-order valence-electron chi connectivity index (χ2n) is 14.8. The molecule has 0 spiro atoms. The molecule has 0 saturated heterocycles. The first kappa shape index (κ1) is 49.3. The second-order valence-corrected chi connectivity index (χ2v) is 16.2. The van der Waals surface area contributed by atoms with Crippen LogP contribution in [0.3, 0.4) is 0 Å². The van der Waals surface area contributed by atoms with Gasteiger partial charge in [-0.05, 0) is 31.6 Å². The Morgan fingerprint density at radius 2 is 1.40 bits per heavy atom. The summed E-state index contributed by atoms with van der Waals surface area (Å²) in [4.78, 5) is 47.7. The van der Waals surface area contributed by atoms with Gasteiger partial charge in [0.15, 0.2) is 6.10 Å². The van der Waals surface area contributed by atoms with E-state index in [2.05, 4.69) is 25.3 Å². The van der Waals surface area contributed by atoms with Gasteiger partial charge in [-0.1, -0.05) is 90.7 Å². The Morgan fingerprint density at radius 3 is 2.08 bits per heavy atom. The van der Waals surface area contributed by atoms with E-state index in [4.69, 9.17) is 19.1 Å². The van der Waals surface area contributed by atoms with Crippen molar-refractivity contribution in [3.05, 3.63) is 12.2 Å². The fourth-order valence-electron chi connectivity index (χ4n) is 6.17. The number of phosphoric acid groups is 1. The van der Waals surface area contributed by atoms with Crippen LogP contribution in [-0.4, -0.2) is 105 Å². The van der Waals surface area contributed by atoms with Crippen molar-refractivity contribution in [3.8, 4) is 0 Å². The number of esters is 2. The second kappa shape index (κ2) is 28.6. The van der Waals surface area contributed by atoms with Gasteiger partial charge in [-0.2, -0.15) is 0 Å². The van der Waals surface area contributed by atoms with Gasteiger partial charge in [0.05, 0.1) is 38.1 Å². The predicted molar refractivity (Wildman–Crippen MR) is 198 cm³/mol. The molecule has 1 rings (SSSR count). The molecular weight excluding hydrogens is 711 g/mol. The molecule has 8 atom stereocenters. The van der Waals surface area contributed by atoms with Crippen molar-refractivity contribution < 1.29 is 67.9 Å². The van der Waals surface area contributed by atoms with E-state index in [0.717, 1.165) is 44.9 Å². The molecule has 0 aliphatic heterocycles. The van der Waals surface area contributed by atoms with E-state index < -0.39 is 88.5 Å². The van der Waals surface area contributed by atoms with Gasteiger partial charge >= 0.3 is 19.8 Å². The SMILES string of the molecule is CCCCC[C@H](O)/C=C/[C@@H]1[C@@H](CC(=O)CCCCC(=O)OC[C@H](COP(=O)(O)OC[C@@H](O)CO)OC(=O)CCCCCCCCC(C)C)[C@@H](O)C[C@H]1O. The summed E-state index contributed by atoms with van der Waals surface area (Å²) in [6.45, 7) is 4.01. The number of rotatable bonds is 32. The standard InChI is InChI=1S/C38H69O14P/c1-4-5-10-16-29(40)20-21-33-34(36(44)23-35(33)43)22-30(41)17-13-14-18-37(45)49-26-32(27-51-53(47,48)50-25-31(42)24-39)52-38(46)19-12-9-7-6-8-11-15-28(2)3/h20-21,28-29,31-36,39-40,42-44H,4-19,22-27H2,1-3H3,(H,47,48)/b21-20+/t29-,31-,32+,33+,34+,35+,36-/m0/s1. The Morgan fingerprint density at radius 1 is 0.792 bits per heavy atom. The first-order valence-corrected chi connectivity index (χ1v) is 21.2. The molecule has 15 heteroatoms. The molecule has 1 fully saturated rings. The lowest BCUT2D eigenvalue weighted by Crippen LogP contribution is -2.29. The van der Waals surface area contributed by atoms with Crippen LogP contribution < -0.4 is 0 Å². The summed E-state index contributed by atoms with van der Waals surface area (Å²) in [6, 6.07) is 0. The van der Waals surface area contributed by atoms with Gasteiger partial charge < -0.3 is 39.9 Å². The van der Waals surface area contributed by atoms with E-state index >= 15 is 0 Å². The molecule has 1 aliphatic rings. The minimum Gasteiger partial charge on any atom is -0.462 e. The average molecular weight is 781 g/mol. The third kappa shape index (κ3) is 24.4. The largest absolute Gasteiger partial charge is 0.472 e.